The summed E-state index contributed by atoms with van der Waals surface area (Å²) in [5.74, 6) is 0. The summed E-state index contributed by atoms with van der Waals surface area (Å²) >= 11 is 9.71. The number of rotatable bonds is 4. The van der Waals surface area contributed by atoms with Crippen LogP contribution in [0.3, 0.4) is 0 Å². The molecule has 2 N–H and O–H groups in total. The Labute approximate surface area is 134 Å². The van der Waals surface area contributed by atoms with Crippen LogP contribution in [-0.4, -0.2) is 0 Å². The van der Waals surface area contributed by atoms with Gasteiger partial charge in [-0.2, -0.15) is 0 Å². The van der Waals surface area contributed by atoms with Crippen LogP contribution in [0.1, 0.15) is 42.1 Å². The molecule has 0 aromatic heterocycles. The molecule has 0 radical (unpaired) electrons. The van der Waals surface area contributed by atoms with E-state index in [9.17, 15) is 0 Å². The van der Waals surface area contributed by atoms with E-state index in [4.69, 9.17) is 17.3 Å². The number of hydrogen-bond donors (Lipinski definition) is 1. The zero-order chi connectivity index (χ0) is 14.7. The summed E-state index contributed by atoms with van der Waals surface area (Å²) in [7, 11) is 0. The molecular weight excluding hydrogens is 334 g/mol. The molecule has 1 nitrogen and oxygen atoms in total. The quantitative estimate of drug-likeness (QED) is 0.796. The number of nitrogens with two attached hydrogens (primary N) is 1. The van der Waals surface area contributed by atoms with Gasteiger partial charge in [0.25, 0.3) is 0 Å². The van der Waals surface area contributed by atoms with Crippen LogP contribution in [0, 0.1) is 0 Å². The zero-order valence-corrected chi connectivity index (χ0v) is 14.1. The first kappa shape index (κ1) is 15.6. The van der Waals surface area contributed by atoms with E-state index < -0.39 is 0 Å². The van der Waals surface area contributed by atoms with E-state index in [1.807, 2.05) is 18.2 Å². The fraction of sp³-hybridized carbons (Fsp3) is 0.294. The van der Waals surface area contributed by atoms with E-state index in [0.29, 0.717) is 5.02 Å². The van der Waals surface area contributed by atoms with Gasteiger partial charge in [0.05, 0.1) is 6.04 Å². The average Bonchev–Trinajstić information content (AvgIpc) is 2.45. The van der Waals surface area contributed by atoms with E-state index in [2.05, 4.69) is 48.0 Å². The van der Waals surface area contributed by atoms with Crippen molar-refractivity contribution < 1.29 is 0 Å². The topological polar surface area (TPSA) is 26.0 Å². The Balaban J connectivity index is 2.40. The van der Waals surface area contributed by atoms with Crippen LogP contribution in [0.15, 0.2) is 40.9 Å². The molecule has 1 atom stereocenters. The molecule has 0 aliphatic carbocycles. The smallest absolute Gasteiger partial charge is 0.0566 e. The normalized spacial score (nSPS) is 12.4. The van der Waals surface area contributed by atoms with Crippen molar-refractivity contribution in [1.29, 1.82) is 0 Å². The van der Waals surface area contributed by atoms with E-state index in [1.54, 1.807) is 0 Å². The van der Waals surface area contributed by atoms with E-state index >= 15 is 0 Å². The molecule has 0 saturated carbocycles. The lowest BCUT2D eigenvalue weighted by molar-refractivity contribution is 0.863. The van der Waals surface area contributed by atoms with Gasteiger partial charge in [0.15, 0.2) is 0 Å². The highest BCUT2D eigenvalue weighted by Crippen LogP contribution is 2.30. The highest BCUT2D eigenvalue weighted by molar-refractivity contribution is 9.10. The van der Waals surface area contributed by atoms with Crippen LogP contribution in [-0.2, 0) is 12.8 Å². The van der Waals surface area contributed by atoms with Gasteiger partial charge < -0.3 is 5.73 Å². The Bertz CT molecular complexity index is 610. The Morgan fingerprint density at radius 1 is 1.05 bits per heavy atom. The molecule has 20 heavy (non-hydrogen) atoms. The van der Waals surface area contributed by atoms with Crippen molar-refractivity contribution in [2.75, 3.05) is 0 Å². The first-order valence-corrected chi connectivity index (χ1v) is 8.06. The van der Waals surface area contributed by atoms with Crippen molar-refractivity contribution in [3.8, 4) is 0 Å². The summed E-state index contributed by atoms with van der Waals surface area (Å²) in [6, 6.07) is 12.2. The molecule has 0 fully saturated rings. The summed E-state index contributed by atoms with van der Waals surface area (Å²) in [4.78, 5) is 0. The van der Waals surface area contributed by atoms with Gasteiger partial charge in [-0.1, -0.05) is 65.6 Å². The monoisotopic (exact) mass is 351 g/mol. The summed E-state index contributed by atoms with van der Waals surface area (Å²) in [6.45, 7) is 4.36. The first-order valence-electron chi connectivity index (χ1n) is 6.89. The van der Waals surface area contributed by atoms with Crippen LogP contribution in [0.4, 0.5) is 0 Å². The van der Waals surface area contributed by atoms with Crippen LogP contribution >= 0.6 is 27.5 Å². The molecule has 2 aromatic carbocycles. The molecule has 2 rings (SSSR count). The maximum Gasteiger partial charge on any atom is 0.0566 e. The minimum Gasteiger partial charge on any atom is -0.320 e. The molecule has 2 aromatic rings. The molecule has 3 heteroatoms. The first-order chi connectivity index (χ1) is 9.56. The third-order valence-corrected chi connectivity index (χ3v) is 4.47. The van der Waals surface area contributed by atoms with E-state index in [1.165, 1.54) is 11.1 Å². The van der Waals surface area contributed by atoms with E-state index in [0.717, 1.165) is 28.4 Å². The van der Waals surface area contributed by atoms with Crippen molar-refractivity contribution in [3.63, 3.8) is 0 Å². The summed E-state index contributed by atoms with van der Waals surface area (Å²) < 4.78 is 0.967. The predicted molar refractivity (Wildman–Crippen MR) is 90.4 cm³/mol. The SMILES string of the molecule is CCc1ccc(C(N)c2ccc(Br)cc2Cl)cc1CC. The van der Waals surface area contributed by atoms with Gasteiger partial charge >= 0.3 is 0 Å². The lowest BCUT2D eigenvalue weighted by Crippen LogP contribution is -2.13. The van der Waals surface area contributed by atoms with E-state index in [-0.39, 0.29) is 6.04 Å². The Morgan fingerprint density at radius 3 is 2.35 bits per heavy atom. The van der Waals surface area contributed by atoms with Gasteiger partial charge in [0.1, 0.15) is 0 Å². The zero-order valence-electron chi connectivity index (χ0n) is 11.8. The molecule has 0 aliphatic rings. The minimum absolute atomic E-state index is 0.188. The van der Waals surface area contributed by atoms with Gasteiger partial charge in [-0.15, -0.1) is 0 Å². The molecule has 106 valence electrons. The van der Waals surface area contributed by atoms with Gasteiger partial charge in [0.2, 0.25) is 0 Å². The number of halogens is 2. The molecule has 1 unspecified atom stereocenters. The third-order valence-electron chi connectivity index (χ3n) is 3.65. The second kappa shape index (κ2) is 6.75. The van der Waals surface area contributed by atoms with Crippen molar-refractivity contribution in [1.82, 2.24) is 0 Å². The fourth-order valence-corrected chi connectivity index (χ4v) is 3.24. The van der Waals surface area contributed by atoms with Crippen LogP contribution in [0.2, 0.25) is 5.02 Å². The molecule has 0 bridgehead atoms. The van der Waals surface area contributed by atoms with Gasteiger partial charge in [-0.25, -0.2) is 0 Å². The lowest BCUT2D eigenvalue weighted by Gasteiger charge is -2.17. The molecule has 0 spiro atoms. The molecule has 0 aliphatic heterocycles. The number of aryl methyl sites for hydroxylation is 2. The largest absolute Gasteiger partial charge is 0.320 e. The number of hydrogen-bond acceptors (Lipinski definition) is 1. The third kappa shape index (κ3) is 3.25. The van der Waals surface area contributed by atoms with Crippen LogP contribution in [0.5, 0.6) is 0 Å². The van der Waals surface area contributed by atoms with Crippen molar-refractivity contribution >= 4 is 27.5 Å². The Kier molecular flexibility index (Phi) is 5.25. The highest BCUT2D eigenvalue weighted by atomic mass is 79.9. The Hall–Kier alpha value is -0.830. The maximum atomic E-state index is 6.38. The van der Waals surface area contributed by atoms with Crippen molar-refractivity contribution in [2.24, 2.45) is 5.73 Å². The number of benzene rings is 2. The molecule has 0 heterocycles. The molecule has 0 saturated heterocycles. The molecular formula is C17H19BrClN. The second-order valence-corrected chi connectivity index (χ2v) is 6.20. The fourth-order valence-electron chi connectivity index (χ4n) is 2.45. The van der Waals surface area contributed by atoms with Crippen LogP contribution < -0.4 is 5.73 Å². The Morgan fingerprint density at radius 2 is 1.75 bits per heavy atom. The lowest BCUT2D eigenvalue weighted by atomic mass is 9.94. The summed E-state index contributed by atoms with van der Waals surface area (Å²) in [5, 5.41) is 0.699. The summed E-state index contributed by atoms with van der Waals surface area (Å²) in [6.07, 6.45) is 2.08. The standard InChI is InChI=1S/C17H19BrClN/c1-3-11-5-6-13(9-12(11)4-2)17(20)15-8-7-14(18)10-16(15)19/h5-10,17H,3-4,20H2,1-2H3. The maximum absolute atomic E-state index is 6.38. The van der Waals surface area contributed by atoms with Gasteiger partial charge in [0, 0.05) is 9.50 Å². The van der Waals surface area contributed by atoms with Crippen LogP contribution in [0.25, 0.3) is 0 Å². The minimum atomic E-state index is -0.188. The second-order valence-electron chi connectivity index (χ2n) is 4.88. The summed E-state index contributed by atoms with van der Waals surface area (Å²) in [5.41, 5.74) is 11.2. The van der Waals surface area contributed by atoms with Crippen molar-refractivity contribution in [3.05, 3.63) is 68.1 Å². The predicted octanol–water partition coefficient (Wildman–Crippen LogP) is 5.28. The average molecular weight is 353 g/mol. The van der Waals surface area contributed by atoms with Gasteiger partial charge in [-0.3, -0.25) is 0 Å². The molecule has 0 amide bonds. The van der Waals surface area contributed by atoms with Gasteiger partial charge in [-0.05, 0) is 47.2 Å². The highest BCUT2D eigenvalue weighted by Gasteiger charge is 2.14. The van der Waals surface area contributed by atoms with Crippen molar-refractivity contribution in [2.45, 2.75) is 32.7 Å².